The number of hydrogen-bond acceptors (Lipinski definition) is 2. The first-order valence-corrected chi connectivity index (χ1v) is 6.14. The molecule has 1 aliphatic heterocycles. The van der Waals surface area contributed by atoms with Gasteiger partial charge in [0.05, 0.1) is 0 Å². The van der Waals surface area contributed by atoms with Gasteiger partial charge in [0.15, 0.2) is 0 Å². The van der Waals surface area contributed by atoms with E-state index in [0.717, 1.165) is 11.1 Å². The van der Waals surface area contributed by atoms with Crippen LogP contribution in [0.15, 0.2) is 53.5 Å². The number of amides is 1. The Hall–Kier alpha value is 0.208. The van der Waals surface area contributed by atoms with E-state index in [1.807, 2.05) is 30.3 Å². The standard InChI is InChI=1S/C15H10ClN2O.Rb.Re/c16-11-6-7-13-12(8-11)15(17-9-14(19)18-13)10-4-2-1-3-5-10;;/h1-9H,(H,17,18,19);;/q-1;+1;/p-1. The summed E-state index contributed by atoms with van der Waals surface area (Å²) in [6.45, 7) is 1.23. The summed E-state index contributed by atoms with van der Waals surface area (Å²) in [5.41, 5.74) is 2.98. The maximum absolute atomic E-state index is 11.5. The largest absolute Gasteiger partial charge is 1.00 e. The van der Waals surface area contributed by atoms with E-state index in [1.54, 1.807) is 18.2 Å². The van der Waals surface area contributed by atoms with Crippen molar-refractivity contribution in [3.63, 3.8) is 0 Å². The Balaban J connectivity index is 0.00000110. The van der Waals surface area contributed by atoms with Crippen LogP contribution in [0.3, 0.4) is 0 Å². The normalized spacial score (nSPS) is 12.4. The van der Waals surface area contributed by atoms with Gasteiger partial charge in [-0.05, 0) is 6.07 Å². The number of benzodiazepines with no additional fused rings is 1. The van der Waals surface area contributed by atoms with Gasteiger partial charge < -0.3 is 15.1 Å². The zero-order valence-electron chi connectivity index (χ0n) is 11.3. The maximum atomic E-state index is 11.5. The molecule has 0 saturated carbocycles. The van der Waals surface area contributed by atoms with Gasteiger partial charge in [0.1, 0.15) is 0 Å². The van der Waals surface area contributed by atoms with Gasteiger partial charge in [0, 0.05) is 31.4 Å². The third kappa shape index (κ3) is 4.59. The Morgan fingerprint density at radius 1 is 1.10 bits per heavy atom. The molecule has 0 fully saturated rings. The van der Waals surface area contributed by atoms with Gasteiger partial charge in [-0.25, -0.2) is 0 Å². The van der Waals surface area contributed by atoms with Crippen LogP contribution < -0.4 is 58.2 Å². The first-order chi connectivity index (χ1) is 9.24. The zero-order valence-corrected chi connectivity index (χ0v) is 19.6. The number of halogens is 1. The van der Waals surface area contributed by atoms with Crippen LogP contribution in [-0.4, -0.2) is 11.6 Å². The molecule has 0 bridgehead atoms. The van der Waals surface area contributed by atoms with Gasteiger partial charge in [-0.3, -0.25) is 0 Å². The Labute approximate surface area is 191 Å². The van der Waals surface area contributed by atoms with Crippen LogP contribution in [0.2, 0.25) is 5.02 Å². The second kappa shape index (κ2) is 8.74. The third-order valence-corrected chi connectivity index (χ3v) is 3.03. The molecule has 101 valence electrons. The fourth-order valence-electron chi connectivity index (χ4n) is 1.96. The first kappa shape index (κ1) is 19.3. The van der Waals surface area contributed by atoms with Crippen LogP contribution in [0, 0.1) is 6.54 Å². The number of carbonyl (C=O) groups is 1. The molecule has 1 amide bonds. The molecule has 0 atom stereocenters. The van der Waals surface area contributed by atoms with Gasteiger partial charge in [-0.1, -0.05) is 70.9 Å². The molecule has 3 nitrogen and oxygen atoms in total. The molecule has 0 N–H and O–H groups in total. The van der Waals surface area contributed by atoms with E-state index >= 15 is 0 Å². The molecule has 3 rings (SSSR count). The van der Waals surface area contributed by atoms with E-state index < -0.39 is 0 Å². The molecule has 6 heteroatoms. The summed E-state index contributed by atoms with van der Waals surface area (Å²) in [4.78, 5) is 15.8. The van der Waals surface area contributed by atoms with Gasteiger partial charge in [0.25, 0.3) is 0 Å². The van der Waals surface area contributed by atoms with Crippen LogP contribution in [0.4, 0.5) is 5.69 Å². The smallest absolute Gasteiger partial charge is 0.639 e. The molecule has 0 unspecified atom stereocenters. The average molecular weight is 540 g/mol. The summed E-state index contributed by atoms with van der Waals surface area (Å²) in [7, 11) is 0. The number of benzene rings is 2. The number of carbonyl (C=O) groups excluding carboxylic acids is 1. The van der Waals surface area contributed by atoms with E-state index in [9.17, 15) is 4.79 Å². The summed E-state index contributed by atoms with van der Waals surface area (Å²) in [6.07, 6.45) is 0. The van der Waals surface area contributed by atoms with Crippen LogP contribution in [0.5, 0.6) is 0 Å². The predicted octanol–water partition coefficient (Wildman–Crippen LogP) is 0.886. The van der Waals surface area contributed by atoms with Crippen molar-refractivity contribution in [2.24, 2.45) is 4.99 Å². The number of fused-ring (bicyclic) bond motifs is 1. The van der Waals surface area contributed by atoms with Crippen molar-refractivity contribution in [2.75, 3.05) is 0 Å². The molecule has 2 aromatic rings. The molecular formula is C15H9ClN2ORbRe-. The van der Waals surface area contributed by atoms with Crippen molar-refractivity contribution >= 4 is 28.9 Å². The van der Waals surface area contributed by atoms with Crippen molar-refractivity contribution in [3.05, 3.63) is 76.5 Å². The van der Waals surface area contributed by atoms with Crippen molar-refractivity contribution in [1.82, 2.24) is 0 Å². The number of rotatable bonds is 1. The van der Waals surface area contributed by atoms with Crippen LogP contribution in [-0.2, 0) is 25.2 Å². The van der Waals surface area contributed by atoms with Crippen molar-refractivity contribution in [3.8, 4) is 0 Å². The summed E-state index contributed by atoms with van der Waals surface area (Å²) >= 11 is 6.03. The second-order valence-corrected chi connectivity index (χ2v) is 4.52. The molecule has 0 spiro atoms. The number of nitrogens with zero attached hydrogens (tertiary/aromatic N) is 2. The summed E-state index contributed by atoms with van der Waals surface area (Å²) in [5.74, 6) is -0.366. The number of aliphatic imine (C=N–C) groups is 1. The molecular weight excluding hydrogens is 531 g/mol. The SMILES string of the molecule is O=C1[CH-]N=C(c2ccccc2)c2cc(Cl)ccc2[N-]1.[Rb+].[Re]. The average Bonchev–Trinajstić information content (AvgIpc) is 2.58. The molecule has 0 aliphatic carbocycles. The fourth-order valence-corrected chi connectivity index (χ4v) is 2.13. The molecule has 1 aliphatic rings. The fraction of sp³-hybridized carbons (Fsp3) is 0. The minimum absolute atomic E-state index is 0. The van der Waals surface area contributed by atoms with E-state index in [1.165, 1.54) is 6.54 Å². The number of hydrogen-bond donors (Lipinski definition) is 0. The Morgan fingerprint density at radius 2 is 1.81 bits per heavy atom. The summed E-state index contributed by atoms with van der Waals surface area (Å²) in [5, 5.41) is 4.58. The van der Waals surface area contributed by atoms with E-state index in [2.05, 4.69) is 10.3 Å². The summed E-state index contributed by atoms with van der Waals surface area (Å²) in [6, 6.07) is 14.9. The molecule has 1 heterocycles. The van der Waals surface area contributed by atoms with Gasteiger partial charge in [-0.2, -0.15) is 0 Å². The molecule has 21 heavy (non-hydrogen) atoms. The van der Waals surface area contributed by atoms with Gasteiger partial charge >= 0.3 is 58.2 Å². The van der Waals surface area contributed by atoms with Gasteiger partial charge in [-0.15, -0.1) is 12.2 Å². The maximum Gasteiger partial charge on any atom is 1.00 e. The van der Waals surface area contributed by atoms with Crippen LogP contribution >= 0.6 is 11.6 Å². The molecule has 1 radical (unpaired) electrons. The Bertz CT molecular complexity index is 677. The Kier molecular flexibility index (Phi) is 8.01. The van der Waals surface area contributed by atoms with E-state index in [0.29, 0.717) is 16.4 Å². The minimum Gasteiger partial charge on any atom is -0.639 e. The first-order valence-electron chi connectivity index (χ1n) is 5.76. The predicted molar refractivity (Wildman–Crippen MR) is 75.9 cm³/mol. The summed E-state index contributed by atoms with van der Waals surface area (Å²) < 4.78 is 0. The molecule has 0 saturated heterocycles. The van der Waals surface area contributed by atoms with E-state index in [-0.39, 0.29) is 84.5 Å². The zero-order chi connectivity index (χ0) is 13.2. The second-order valence-electron chi connectivity index (χ2n) is 4.08. The van der Waals surface area contributed by atoms with Crippen LogP contribution in [0.1, 0.15) is 11.1 Å². The van der Waals surface area contributed by atoms with Gasteiger partial charge in [0.2, 0.25) is 0 Å². The Morgan fingerprint density at radius 3 is 2.52 bits per heavy atom. The monoisotopic (exact) mass is 540 g/mol. The topological polar surface area (TPSA) is 43.5 Å². The van der Waals surface area contributed by atoms with Crippen molar-refractivity contribution in [2.45, 2.75) is 0 Å². The van der Waals surface area contributed by atoms with Crippen LogP contribution in [0.25, 0.3) is 5.32 Å². The molecule has 0 aromatic heterocycles. The quantitative estimate of drug-likeness (QED) is 0.496. The van der Waals surface area contributed by atoms with Crippen molar-refractivity contribution in [1.29, 1.82) is 0 Å². The van der Waals surface area contributed by atoms with E-state index in [4.69, 9.17) is 11.6 Å². The molecule has 2 aromatic carbocycles. The minimum atomic E-state index is -0.366. The third-order valence-electron chi connectivity index (χ3n) is 2.80. The van der Waals surface area contributed by atoms with Crippen molar-refractivity contribution < 1.29 is 83.4 Å².